The second-order valence-electron chi connectivity index (χ2n) is 2.77. The van der Waals surface area contributed by atoms with Crippen LogP contribution in [0.5, 0.6) is 0 Å². The number of thiol groups is 1. The fourth-order valence-corrected chi connectivity index (χ4v) is 1.03. The monoisotopic (exact) mass is 161 g/mol. The normalized spacial score (nSPS) is 24.9. The van der Waals surface area contributed by atoms with Crippen molar-refractivity contribution in [2.24, 2.45) is 5.92 Å². The summed E-state index contributed by atoms with van der Waals surface area (Å²) in [7, 11) is 0. The first-order valence-corrected chi connectivity index (χ1v) is 4.76. The molecule has 1 saturated heterocycles. The lowest BCUT2D eigenvalue weighted by molar-refractivity contribution is 0.405. The number of hydrogen-bond acceptors (Lipinski definition) is 2. The number of piperidine rings is 1. The van der Waals surface area contributed by atoms with E-state index < -0.39 is 0 Å². The van der Waals surface area contributed by atoms with Gasteiger partial charge in [-0.15, -0.1) is 0 Å². The van der Waals surface area contributed by atoms with Gasteiger partial charge in [-0.25, -0.2) is 0 Å². The standard InChI is InChI=1S/C6H13N.C2H6S/c1-6-3-2-4-7-5-6;1-2-3/h6-7H,2-5H2,1H3;3H,2H2,1H3. The molecule has 1 atom stereocenters. The van der Waals surface area contributed by atoms with Crippen molar-refractivity contribution in [2.45, 2.75) is 26.7 Å². The van der Waals surface area contributed by atoms with E-state index in [9.17, 15) is 0 Å². The summed E-state index contributed by atoms with van der Waals surface area (Å²) in [6.45, 7) is 6.76. The third kappa shape index (κ3) is 6.43. The average Bonchev–Trinajstić information content (AvgIpc) is 1.91. The van der Waals surface area contributed by atoms with E-state index in [0.29, 0.717) is 0 Å². The Labute approximate surface area is 70.0 Å². The van der Waals surface area contributed by atoms with Crippen LogP contribution in [0.25, 0.3) is 0 Å². The van der Waals surface area contributed by atoms with Crippen LogP contribution in [0.15, 0.2) is 0 Å². The summed E-state index contributed by atoms with van der Waals surface area (Å²) in [5.41, 5.74) is 0. The molecule has 62 valence electrons. The molecule has 1 aliphatic rings. The van der Waals surface area contributed by atoms with Crippen molar-refractivity contribution in [1.29, 1.82) is 0 Å². The molecule has 1 aliphatic heterocycles. The average molecular weight is 161 g/mol. The zero-order valence-corrected chi connectivity index (χ0v) is 7.95. The molecule has 0 aliphatic carbocycles. The summed E-state index contributed by atoms with van der Waals surface area (Å²) in [5, 5.41) is 3.33. The van der Waals surface area contributed by atoms with E-state index in [-0.39, 0.29) is 0 Å². The molecule has 1 fully saturated rings. The SMILES string of the molecule is CC1CCCNC1.CCS. The van der Waals surface area contributed by atoms with Crippen LogP contribution < -0.4 is 5.32 Å². The molecule has 0 spiro atoms. The minimum absolute atomic E-state index is 0.925. The molecule has 0 aromatic carbocycles. The minimum Gasteiger partial charge on any atom is -0.316 e. The van der Waals surface area contributed by atoms with Gasteiger partial charge in [0, 0.05) is 0 Å². The summed E-state index contributed by atoms with van der Waals surface area (Å²) >= 11 is 3.79. The van der Waals surface area contributed by atoms with Crippen molar-refractivity contribution in [3.8, 4) is 0 Å². The Bertz CT molecular complexity index is 60.3. The predicted octanol–water partition coefficient (Wildman–Crippen LogP) is 1.94. The molecule has 2 heteroatoms. The first-order chi connectivity index (χ1) is 4.81. The lowest BCUT2D eigenvalue weighted by atomic mass is 10.0. The van der Waals surface area contributed by atoms with Crippen LogP contribution in [0, 0.1) is 5.92 Å². The molecule has 1 heterocycles. The lowest BCUT2D eigenvalue weighted by Gasteiger charge is -2.17. The Morgan fingerprint density at radius 2 is 2.20 bits per heavy atom. The van der Waals surface area contributed by atoms with Gasteiger partial charge < -0.3 is 5.32 Å². The second kappa shape index (κ2) is 7.42. The predicted molar refractivity (Wildman–Crippen MR) is 50.8 cm³/mol. The molecule has 0 radical (unpaired) electrons. The Balaban J connectivity index is 0.000000236. The second-order valence-corrected chi connectivity index (χ2v) is 3.40. The van der Waals surface area contributed by atoms with Crippen LogP contribution in [0.3, 0.4) is 0 Å². The first-order valence-electron chi connectivity index (χ1n) is 4.12. The van der Waals surface area contributed by atoms with Crippen molar-refractivity contribution >= 4 is 12.6 Å². The van der Waals surface area contributed by atoms with E-state index in [1.807, 2.05) is 6.92 Å². The van der Waals surface area contributed by atoms with E-state index in [2.05, 4.69) is 24.9 Å². The van der Waals surface area contributed by atoms with Crippen molar-refractivity contribution in [1.82, 2.24) is 5.32 Å². The summed E-state index contributed by atoms with van der Waals surface area (Å²) in [6.07, 6.45) is 2.80. The number of rotatable bonds is 0. The molecule has 1 rings (SSSR count). The van der Waals surface area contributed by atoms with Crippen molar-refractivity contribution in [2.75, 3.05) is 18.8 Å². The van der Waals surface area contributed by atoms with Crippen LogP contribution in [0.1, 0.15) is 26.7 Å². The van der Waals surface area contributed by atoms with E-state index >= 15 is 0 Å². The van der Waals surface area contributed by atoms with Crippen LogP contribution in [0.4, 0.5) is 0 Å². The van der Waals surface area contributed by atoms with Crippen LogP contribution in [-0.4, -0.2) is 18.8 Å². The van der Waals surface area contributed by atoms with Gasteiger partial charge in [-0.1, -0.05) is 13.8 Å². The largest absolute Gasteiger partial charge is 0.316 e. The smallest absolute Gasteiger partial charge is 0.00231 e. The molecule has 0 aromatic rings. The van der Waals surface area contributed by atoms with Gasteiger partial charge in [-0.3, -0.25) is 0 Å². The highest BCUT2D eigenvalue weighted by Crippen LogP contribution is 2.06. The molecule has 1 unspecified atom stereocenters. The summed E-state index contributed by atoms with van der Waals surface area (Å²) in [5.74, 6) is 1.87. The van der Waals surface area contributed by atoms with Crippen molar-refractivity contribution < 1.29 is 0 Å². The van der Waals surface area contributed by atoms with Crippen molar-refractivity contribution in [3.05, 3.63) is 0 Å². The molecule has 0 aromatic heterocycles. The zero-order chi connectivity index (χ0) is 7.82. The fraction of sp³-hybridized carbons (Fsp3) is 1.00. The van der Waals surface area contributed by atoms with Gasteiger partial charge in [0.15, 0.2) is 0 Å². The molecular weight excluding hydrogens is 142 g/mol. The maximum atomic E-state index is 3.79. The molecule has 0 saturated carbocycles. The van der Waals surface area contributed by atoms with Gasteiger partial charge in [-0.05, 0) is 37.6 Å². The summed E-state index contributed by atoms with van der Waals surface area (Å²) in [6, 6.07) is 0. The molecular formula is C8H19NS. The Hall–Kier alpha value is 0.310. The zero-order valence-electron chi connectivity index (χ0n) is 7.06. The highest BCUT2D eigenvalue weighted by Gasteiger charge is 2.04. The molecule has 10 heavy (non-hydrogen) atoms. The molecule has 0 bridgehead atoms. The van der Waals surface area contributed by atoms with Gasteiger partial charge in [0.25, 0.3) is 0 Å². The van der Waals surface area contributed by atoms with Crippen LogP contribution >= 0.6 is 12.6 Å². The Morgan fingerprint density at radius 1 is 1.60 bits per heavy atom. The van der Waals surface area contributed by atoms with E-state index in [4.69, 9.17) is 0 Å². The van der Waals surface area contributed by atoms with Gasteiger partial charge in [0.1, 0.15) is 0 Å². The number of nitrogens with one attached hydrogen (secondary N) is 1. The van der Waals surface area contributed by atoms with Gasteiger partial charge in [0.2, 0.25) is 0 Å². The van der Waals surface area contributed by atoms with E-state index in [1.165, 1.54) is 25.9 Å². The number of hydrogen-bond donors (Lipinski definition) is 2. The first kappa shape index (κ1) is 10.3. The highest BCUT2D eigenvalue weighted by molar-refractivity contribution is 7.80. The van der Waals surface area contributed by atoms with Gasteiger partial charge in [-0.2, -0.15) is 12.6 Å². The van der Waals surface area contributed by atoms with Crippen molar-refractivity contribution in [3.63, 3.8) is 0 Å². The summed E-state index contributed by atoms with van der Waals surface area (Å²) in [4.78, 5) is 0. The molecule has 1 nitrogen and oxygen atoms in total. The highest BCUT2D eigenvalue weighted by atomic mass is 32.1. The van der Waals surface area contributed by atoms with Crippen LogP contribution in [-0.2, 0) is 0 Å². The maximum Gasteiger partial charge on any atom is -0.00231 e. The molecule has 1 N–H and O–H groups in total. The van der Waals surface area contributed by atoms with Gasteiger partial charge >= 0.3 is 0 Å². The van der Waals surface area contributed by atoms with Crippen LogP contribution in [0.2, 0.25) is 0 Å². The minimum atomic E-state index is 0.925. The molecule has 0 amide bonds. The Kier molecular flexibility index (Phi) is 7.65. The quantitative estimate of drug-likeness (QED) is 0.517. The fourth-order valence-electron chi connectivity index (χ4n) is 1.03. The Morgan fingerprint density at radius 3 is 2.40 bits per heavy atom. The topological polar surface area (TPSA) is 12.0 Å². The third-order valence-corrected chi connectivity index (χ3v) is 1.54. The summed E-state index contributed by atoms with van der Waals surface area (Å²) < 4.78 is 0. The van der Waals surface area contributed by atoms with E-state index in [1.54, 1.807) is 0 Å². The third-order valence-electron chi connectivity index (χ3n) is 1.54. The van der Waals surface area contributed by atoms with Gasteiger partial charge in [0.05, 0.1) is 0 Å². The maximum absolute atomic E-state index is 3.79. The van der Waals surface area contributed by atoms with E-state index in [0.717, 1.165) is 11.7 Å². The lowest BCUT2D eigenvalue weighted by Crippen LogP contribution is -2.27.